The lowest BCUT2D eigenvalue weighted by Crippen LogP contribution is -2.44. The first-order chi connectivity index (χ1) is 7.85. The molecule has 0 aliphatic rings. The largest absolute Gasteiger partial charge is 0.481 e. The van der Waals surface area contributed by atoms with Crippen LogP contribution in [0.3, 0.4) is 0 Å². The molecule has 0 aliphatic carbocycles. The Morgan fingerprint density at radius 2 is 1.83 bits per heavy atom. The molecule has 0 bridgehead atoms. The monoisotopic (exact) mass is 292 g/mol. The lowest BCUT2D eigenvalue weighted by atomic mass is 9.95. The predicted molar refractivity (Wildman–Crippen MR) is 57.0 cm³/mol. The third-order valence-electron chi connectivity index (χ3n) is 2.56. The van der Waals surface area contributed by atoms with E-state index in [1.165, 1.54) is 0 Å². The Morgan fingerprint density at radius 1 is 1.39 bits per heavy atom. The zero-order valence-electron chi connectivity index (χ0n) is 9.52. The van der Waals surface area contributed by atoms with Crippen LogP contribution < -0.4 is 10.9 Å². The van der Waals surface area contributed by atoms with Crippen molar-refractivity contribution >= 4 is 16.0 Å². The molecule has 0 aliphatic heterocycles. The van der Waals surface area contributed by atoms with E-state index in [1.54, 1.807) is 0 Å². The number of nitrogens with two attached hydrogens (primary N) is 2. The van der Waals surface area contributed by atoms with E-state index in [4.69, 9.17) is 16.0 Å². The average Bonchev–Trinajstić information content (AvgIpc) is 2.11. The van der Waals surface area contributed by atoms with Gasteiger partial charge in [0.05, 0.1) is 17.6 Å². The van der Waals surface area contributed by atoms with Crippen LogP contribution in [0.2, 0.25) is 0 Å². The third kappa shape index (κ3) is 5.65. The molecule has 0 radical (unpaired) electrons. The summed E-state index contributed by atoms with van der Waals surface area (Å²) in [5.41, 5.74) is 5.32. The zero-order valence-corrected chi connectivity index (χ0v) is 10.3. The standard InChI is InChI=1S/C8H15F3N2O4S/c1-4(18(13,16)17)6(12)2-5(3-7(14)15)8(9,10)11/h4-6H,2-3,12H2,1H3,(H,14,15)(H2,13,16,17)/t4-,5+,6+/m1/s1. The zero-order chi connectivity index (χ0) is 14.7. The van der Waals surface area contributed by atoms with Crippen LogP contribution in [0.25, 0.3) is 0 Å². The van der Waals surface area contributed by atoms with E-state index >= 15 is 0 Å². The van der Waals surface area contributed by atoms with Gasteiger partial charge in [0.1, 0.15) is 0 Å². The fraction of sp³-hybridized carbons (Fsp3) is 0.875. The van der Waals surface area contributed by atoms with E-state index in [1.807, 2.05) is 0 Å². The van der Waals surface area contributed by atoms with Gasteiger partial charge in [0, 0.05) is 6.04 Å². The van der Waals surface area contributed by atoms with Crippen LogP contribution in [0.1, 0.15) is 19.8 Å². The molecule has 0 aromatic rings. The molecule has 6 nitrogen and oxygen atoms in total. The molecule has 0 unspecified atom stereocenters. The second kappa shape index (κ2) is 5.85. The number of carboxylic acid groups (broad SMARTS) is 1. The van der Waals surface area contributed by atoms with Crippen molar-refractivity contribution in [3.05, 3.63) is 0 Å². The molecular formula is C8H15F3N2O4S. The molecule has 18 heavy (non-hydrogen) atoms. The maximum absolute atomic E-state index is 12.5. The maximum Gasteiger partial charge on any atom is 0.392 e. The number of carboxylic acids is 1. The van der Waals surface area contributed by atoms with Crippen molar-refractivity contribution in [1.82, 2.24) is 0 Å². The first kappa shape index (κ1) is 17.1. The molecule has 0 rings (SSSR count). The van der Waals surface area contributed by atoms with Gasteiger partial charge in [0.25, 0.3) is 0 Å². The number of primary sulfonamides is 1. The molecule has 0 fully saturated rings. The highest BCUT2D eigenvalue weighted by Gasteiger charge is 2.43. The fourth-order valence-corrected chi connectivity index (χ4v) is 1.91. The molecule has 0 heterocycles. The van der Waals surface area contributed by atoms with Crippen LogP contribution in [0.4, 0.5) is 13.2 Å². The van der Waals surface area contributed by atoms with Crippen LogP contribution in [0.15, 0.2) is 0 Å². The van der Waals surface area contributed by atoms with Crippen molar-refractivity contribution in [3.63, 3.8) is 0 Å². The van der Waals surface area contributed by atoms with Gasteiger partial charge in [-0.3, -0.25) is 4.79 Å². The van der Waals surface area contributed by atoms with Gasteiger partial charge in [-0.1, -0.05) is 0 Å². The molecule has 10 heteroatoms. The Hall–Kier alpha value is -0.870. The second-order valence-corrected chi connectivity index (χ2v) is 5.95. The molecule has 0 aromatic heterocycles. The molecule has 0 saturated heterocycles. The van der Waals surface area contributed by atoms with Crippen LogP contribution in [-0.4, -0.2) is 37.0 Å². The Balaban J connectivity index is 4.84. The maximum atomic E-state index is 12.5. The summed E-state index contributed by atoms with van der Waals surface area (Å²) in [6.45, 7) is 1.08. The number of hydrogen-bond donors (Lipinski definition) is 3. The average molecular weight is 292 g/mol. The summed E-state index contributed by atoms with van der Waals surface area (Å²) < 4.78 is 59.4. The predicted octanol–water partition coefficient (Wildman–Crippen LogP) is 0.0340. The fourth-order valence-electron chi connectivity index (χ4n) is 1.31. The van der Waals surface area contributed by atoms with Crippen molar-refractivity contribution in [2.45, 2.75) is 37.2 Å². The van der Waals surface area contributed by atoms with Crippen LogP contribution in [0, 0.1) is 5.92 Å². The molecule has 0 aromatic carbocycles. The number of sulfonamides is 1. The van der Waals surface area contributed by atoms with Crippen molar-refractivity contribution in [2.75, 3.05) is 0 Å². The highest BCUT2D eigenvalue weighted by molar-refractivity contribution is 7.89. The van der Waals surface area contributed by atoms with Gasteiger partial charge in [-0.2, -0.15) is 13.2 Å². The molecule has 0 saturated carbocycles. The van der Waals surface area contributed by atoms with E-state index < -0.39 is 52.2 Å². The summed E-state index contributed by atoms with van der Waals surface area (Å²) in [6.07, 6.45) is -6.73. The molecule has 3 atom stereocenters. The third-order valence-corrected chi connectivity index (χ3v) is 3.95. The summed E-state index contributed by atoms with van der Waals surface area (Å²) in [7, 11) is -4.06. The second-order valence-electron chi connectivity index (χ2n) is 4.03. The molecule has 0 spiro atoms. The first-order valence-electron chi connectivity index (χ1n) is 4.91. The molecule has 108 valence electrons. The Bertz CT molecular complexity index is 396. The number of carbonyl (C=O) groups is 1. The van der Waals surface area contributed by atoms with Crippen molar-refractivity contribution in [2.24, 2.45) is 16.8 Å². The lowest BCUT2D eigenvalue weighted by Gasteiger charge is -2.24. The van der Waals surface area contributed by atoms with E-state index in [0.29, 0.717) is 0 Å². The topological polar surface area (TPSA) is 123 Å². The minimum atomic E-state index is -4.76. The smallest absolute Gasteiger partial charge is 0.392 e. The normalized spacial score (nSPS) is 18.1. The quantitative estimate of drug-likeness (QED) is 0.637. The van der Waals surface area contributed by atoms with Crippen molar-refractivity contribution < 1.29 is 31.5 Å². The van der Waals surface area contributed by atoms with Crippen LogP contribution in [0.5, 0.6) is 0 Å². The Labute approximate surface area is 102 Å². The number of alkyl halides is 3. The van der Waals surface area contributed by atoms with Crippen molar-refractivity contribution in [3.8, 4) is 0 Å². The lowest BCUT2D eigenvalue weighted by molar-refractivity contribution is -0.185. The van der Waals surface area contributed by atoms with Crippen LogP contribution >= 0.6 is 0 Å². The molecule has 0 amide bonds. The van der Waals surface area contributed by atoms with E-state index in [0.717, 1.165) is 6.92 Å². The number of rotatable bonds is 6. The van der Waals surface area contributed by atoms with Gasteiger partial charge in [-0.15, -0.1) is 0 Å². The summed E-state index contributed by atoms with van der Waals surface area (Å²) >= 11 is 0. The van der Waals surface area contributed by atoms with Gasteiger partial charge in [-0.05, 0) is 13.3 Å². The van der Waals surface area contributed by atoms with Gasteiger partial charge >= 0.3 is 12.1 Å². The summed E-state index contributed by atoms with van der Waals surface area (Å²) in [6, 6.07) is -1.38. The number of aliphatic carboxylic acids is 1. The van der Waals surface area contributed by atoms with E-state index in [9.17, 15) is 26.4 Å². The first-order valence-corrected chi connectivity index (χ1v) is 6.52. The van der Waals surface area contributed by atoms with Gasteiger partial charge < -0.3 is 10.8 Å². The van der Waals surface area contributed by atoms with Gasteiger partial charge in [0.15, 0.2) is 0 Å². The molecular weight excluding hydrogens is 277 g/mol. The summed E-state index contributed by atoms with van der Waals surface area (Å²) in [5, 5.41) is 11.8. The molecule has 5 N–H and O–H groups in total. The number of hydrogen-bond acceptors (Lipinski definition) is 4. The highest BCUT2D eigenvalue weighted by atomic mass is 32.2. The summed E-state index contributed by atoms with van der Waals surface area (Å²) in [5.74, 6) is -3.83. The SMILES string of the molecule is C[C@H]([C@@H](N)C[C@@H](CC(=O)O)C(F)(F)F)S(N)(=O)=O. The summed E-state index contributed by atoms with van der Waals surface area (Å²) in [4.78, 5) is 10.3. The van der Waals surface area contributed by atoms with E-state index in [-0.39, 0.29) is 0 Å². The van der Waals surface area contributed by atoms with Crippen LogP contribution in [-0.2, 0) is 14.8 Å². The minimum absolute atomic E-state index is 0.812. The Morgan fingerprint density at radius 3 is 2.11 bits per heavy atom. The number of halogens is 3. The Kier molecular flexibility index (Phi) is 5.56. The highest BCUT2D eigenvalue weighted by Crippen LogP contribution is 2.32. The minimum Gasteiger partial charge on any atom is -0.481 e. The van der Waals surface area contributed by atoms with Gasteiger partial charge in [0.2, 0.25) is 10.0 Å². The van der Waals surface area contributed by atoms with E-state index in [2.05, 4.69) is 0 Å². The van der Waals surface area contributed by atoms with Crippen molar-refractivity contribution in [1.29, 1.82) is 0 Å². The van der Waals surface area contributed by atoms with Gasteiger partial charge in [-0.25, -0.2) is 13.6 Å².